The van der Waals surface area contributed by atoms with Crippen molar-refractivity contribution in [3.63, 3.8) is 0 Å². The lowest BCUT2D eigenvalue weighted by molar-refractivity contribution is -0.384. The van der Waals surface area contributed by atoms with Crippen LogP contribution in [0.5, 0.6) is 0 Å². The van der Waals surface area contributed by atoms with E-state index in [0.29, 0.717) is 32.0 Å². The maximum atomic E-state index is 13.0. The minimum atomic E-state index is -0.514. The number of amides is 1. The van der Waals surface area contributed by atoms with Crippen LogP contribution >= 0.6 is 0 Å². The van der Waals surface area contributed by atoms with E-state index in [-0.39, 0.29) is 30.1 Å². The highest BCUT2D eigenvalue weighted by Gasteiger charge is 2.22. The lowest BCUT2D eigenvalue weighted by Crippen LogP contribution is -2.43. The third-order valence-corrected chi connectivity index (χ3v) is 4.77. The first-order chi connectivity index (χ1) is 14.1. The van der Waals surface area contributed by atoms with Crippen LogP contribution in [0.15, 0.2) is 36.9 Å². The molecule has 10 nitrogen and oxygen atoms in total. The molecule has 0 aliphatic carbocycles. The number of hydrogen-bond acceptors (Lipinski definition) is 7. The monoisotopic (exact) mass is 398 g/mol. The number of nitro groups is 1. The zero-order valence-corrected chi connectivity index (χ0v) is 15.9. The van der Waals surface area contributed by atoms with Gasteiger partial charge in [0.25, 0.3) is 11.6 Å². The molecule has 152 valence electrons. The minimum Gasteiger partial charge on any atom is -0.379 e. The van der Waals surface area contributed by atoms with Crippen molar-refractivity contribution in [1.29, 1.82) is 5.26 Å². The van der Waals surface area contributed by atoms with Gasteiger partial charge >= 0.3 is 0 Å². The second kappa shape index (κ2) is 9.77. The van der Waals surface area contributed by atoms with E-state index in [9.17, 15) is 14.9 Å². The number of rotatable bonds is 8. The number of nitriles is 1. The van der Waals surface area contributed by atoms with Crippen molar-refractivity contribution >= 4 is 11.6 Å². The van der Waals surface area contributed by atoms with Gasteiger partial charge in [-0.3, -0.25) is 19.8 Å². The van der Waals surface area contributed by atoms with Gasteiger partial charge in [-0.2, -0.15) is 5.26 Å². The zero-order valence-electron chi connectivity index (χ0n) is 15.9. The number of aromatic nitrogens is 2. The maximum absolute atomic E-state index is 13.0. The minimum absolute atomic E-state index is 0.178. The van der Waals surface area contributed by atoms with Crippen molar-refractivity contribution in [2.75, 3.05) is 45.9 Å². The van der Waals surface area contributed by atoms with Crippen LogP contribution in [0.1, 0.15) is 16.8 Å². The summed E-state index contributed by atoms with van der Waals surface area (Å²) in [5.41, 5.74) is 0.378. The van der Waals surface area contributed by atoms with Gasteiger partial charge in [0.15, 0.2) is 0 Å². The van der Waals surface area contributed by atoms with Crippen LogP contribution in [-0.4, -0.2) is 76.1 Å². The van der Waals surface area contributed by atoms with Crippen molar-refractivity contribution in [1.82, 2.24) is 19.4 Å². The van der Waals surface area contributed by atoms with E-state index in [1.165, 1.54) is 29.2 Å². The lowest BCUT2D eigenvalue weighted by atomic mass is 10.1. The Bertz CT molecular complexity index is 887. The fourth-order valence-electron chi connectivity index (χ4n) is 3.19. The quantitative estimate of drug-likeness (QED) is 0.488. The molecule has 0 radical (unpaired) electrons. The lowest BCUT2D eigenvalue weighted by Gasteiger charge is -2.30. The van der Waals surface area contributed by atoms with Gasteiger partial charge in [-0.1, -0.05) is 0 Å². The molecule has 1 aromatic carbocycles. The Kier molecular flexibility index (Phi) is 6.89. The first-order valence-electron chi connectivity index (χ1n) is 9.33. The van der Waals surface area contributed by atoms with Crippen molar-refractivity contribution in [2.24, 2.45) is 0 Å². The van der Waals surface area contributed by atoms with Crippen molar-refractivity contribution in [2.45, 2.75) is 6.42 Å². The van der Waals surface area contributed by atoms with Gasteiger partial charge < -0.3 is 14.2 Å². The van der Waals surface area contributed by atoms with Crippen LogP contribution in [0.3, 0.4) is 0 Å². The molecule has 1 amide bonds. The van der Waals surface area contributed by atoms with Crippen LogP contribution in [0, 0.1) is 21.4 Å². The van der Waals surface area contributed by atoms with Crippen LogP contribution in [0.4, 0.5) is 5.69 Å². The molecule has 0 spiro atoms. The molecule has 2 heterocycles. The van der Waals surface area contributed by atoms with Gasteiger partial charge in [-0.05, 0) is 12.1 Å². The molecule has 1 aromatic heterocycles. The topological polar surface area (TPSA) is 118 Å². The highest BCUT2D eigenvalue weighted by molar-refractivity contribution is 5.95. The van der Waals surface area contributed by atoms with Gasteiger partial charge in [0, 0.05) is 56.7 Å². The number of nitrogens with zero attached hydrogens (tertiary/aromatic N) is 6. The molecule has 0 saturated carbocycles. The van der Waals surface area contributed by atoms with E-state index >= 15 is 0 Å². The largest absolute Gasteiger partial charge is 0.379 e. The molecule has 10 heteroatoms. The van der Waals surface area contributed by atoms with Crippen molar-refractivity contribution < 1.29 is 14.5 Å². The Morgan fingerprint density at radius 1 is 1.34 bits per heavy atom. The van der Waals surface area contributed by atoms with Crippen LogP contribution in [0.25, 0.3) is 5.69 Å². The molecule has 2 aromatic rings. The average molecular weight is 398 g/mol. The summed E-state index contributed by atoms with van der Waals surface area (Å²) in [6, 6.07) is 6.44. The van der Waals surface area contributed by atoms with Gasteiger partial charge in [-0.15, -0.1) is 0 Å². The predicted molar refractivity (Wildman–Crippen MR) is 104 cm³/mol. The molecule has 1 aliphatic rings. The van der Waals surface area contributed by atoms with E-state index in [2.05, 4.69) is 16.0 Å². The highest BCUT2D eigenvalue weighted by atomic mass is 16.6. The molecule has 29 heavy (non-hydrogen) atoms. The number of morpholine rings is 1. The molecule has 0 atom stereocenters. The Labute approximate surface area is 168 Å². The van der Waals surface area contributed by atoms with E-state index in [1.54, 1.807) is 17.2 Å². The second-order valence-electron chi connectivity index (χ2n) is 6.58. The molecular weight excluding hydrogens is 376 g/mol. The summed E-state index contributed by atoms with van der Waals surface area (Å²) in [6.07, 6.45) is 4.79. The standard InChI is InChI=1S/C19H22N6O4/c20-4-1-6-23(9-8-22-10-12-29-13-11-22)19(26)16-2-3-17(18(14-16)25(27)28)24-7-5-21-15-24/h2-3,5,7,14-15H,1,6,8-13H2. The fraction of sp³-hybridized carbons (Fsp3) is 0.421. The van der Waals surface area contributed by atoms with E-state index in [0.717, 1.165) is 13.1 Å². The second-order valence-corrected chi connectivity index (χ2v) is 6.58. The summed E-state index contributed by atoms with van der Waals surface area (Å²) in [7, 11) is 0. The number of ether oxygens (including phenoxy) is 1. The molecule has 0 unspecified atom stereocenters. The summed E-state index contributed by atoms with van der Waals surface area (Å²) in [5, 5.41) is 20.5. The first-order valence-corrected chi connectivity index (χ1v) is 9.33. The number of benzene rings is 1. The fourth-order valence-corrected chi connectivity index (χ4v) is 3.19. The maximum Gasteiger partial charge on any atom is 0.294 e. The van der Waals surface area contributed by atoms with Crippen molar-refractivity contribution in [3.8, 4) is 11.8 Å². The molecule has 1 saturated heterocycles. The van der Waals surface area contributed by atoms with Crippen LogP contribution in [0.2, 0.25) is 0 Å². The molecule has 0 N–H and O–H groups in total. The highest BCUT2D eigenvalue weighted by Crippen LogP contribution is 2.25. The average Bonchev–Trinajstić information content (AvgIpc) is 3.28. The normalized spacial score (nSPS) is 14.3. The Morgan fingerprint density at radius 2 is 2.14 bits per heavy atom. The van der Waals surface area contributed by atoms with Crippen LogP contribution in [-0.2, 0) is 4.74 Å². The Hall–Kier alpha value is -3.29. The summed E-state index contributed by atoms with van der Waals surface area (Å²) >= 11 is 0. The zero-order chi connectivity index (χ0) is 20.6. The summed E-state index contributed by atoms with van der Waals surface area (Å²) in [6.45, 7) is 4.29. The molecule has 3 rings (SSSR count). The first kappa shape index (κ1) is 20.4. The molecule has 0 bridgehead atoms. The number of hydrogen-bond donors (Lipinski definition) is 0. The number of carbonyl (C=O) groups is 1. The number of nitro benzene ring substituents is 1. The van der Waals surface area contributed by atoms with Gasteiger partial charge in [0.1, 0.15) is 5.69 Å². The summed E-state index contributed by atoms with van der Waals surface area (Å²) in [5.74, 6) is -0.325. The van der Waals surface area contributed by atoms with Gasteiger partial charge in [-0.25, -0.2) is 4.98 Å². The van der Waals surface area contributed by atoms with Crippen molar-refractivity contribution in [3.05, 3.63) is 52.6 Å². The smallest absolute Gasteiger partial charge is 0.294 e. The third-order valence-electron chi connectivity index (χ3n) is 4.77. The van der Waals surface area contributed by atoms with E-state index in [4.69, 9.17) is 10.00 Å². The Morgan fingerprint density at radius 3 is 2.79 bits per heavy atom. The Balaban J connectivity index is 1.79. The number of imidazole rings is 1. The molecule has 1 aliphatic heterocycles. The van der Waals surface area contributed by atoms with Crippen LogP contribution < -0.4 is 0 Å². The predicted octanol–water partition coefficient (Wildman–Crippen LogP) is 1.47. The SMILES string of the molecule is N#CCCN(CCN1CCOCC1)C(=O)c1ccc(-n2ccnc2)c([N+](=O)[O-])c1. The summed E-state index contributed by atoms with van der Waals surface area (Å²) < 4.78 is 6.86. The van der Waals surface area contributed by atoms with E-state index in [1.807, 2.05) is 0 Å². The van der Waals surface area contributed by atoms with E-state index < -0.39 is 4.92 Å². The third kappa shape index (κ3) is 5.16. The van der Waals surface area contributed by atoms with Gasteiger partial charge in [0.2, 0.25) is 0 Å². The summed E-state index contributed by atoms with van der Waals surface area (Å²) in [4.78, 5) is 31.7. The molecule has 1 fully saturated rings. The van der Waals surface area contributed by atoms with Gasteiger partial charge in [0.05, 0.1) is 37.0 Å². The number of carbonyl (C=O) groups excluding carboxylic acids is 1. The molecular formula is C19H22N6O4.